The minimum Gasteiger partial charge on any atom is -0.394 e. The summed E-state index contributed by atoms with van der Waals surface area (Å²) < 4.78 is 13.7. The molecular formula is C15H26N2O5Si. The number of nitrogens with zero attached hydrogens (tertiary/aromatic N) is 1. The molecule has 2 heterocycles. The molecule has 0 spiro atoms. The summed E-state index contributed by atoms with van der Waals surface area (Å²) in [4.78, 5) is 25.9. The highest BCUT2D eigenvalue weighted by molar-refractivity contribution is 6.58. The van der Waals surface area contributed by atoms with E-state index in [0.717, 1.165) is 0 Å². The minimum absolute atomic E-state index is 0.179. The maximum atomic E-state index is 12.3. The minimum atomic E-state index is -1.56. The van der Waals surface area contributed by atoms with Crippen LogP contribution >= 0.6 is 0 Å². The zero-order valence-electron chi connectivity index (χ0n) is 14.3. The zero-order valence-corrected chi connectivity index (χ0v) is 15.5. The fraction of sp³-hybridized carbons (Fsp3) is 0.733. The molecule has 2 N–H and O–H groups in total. The van der Waals surface area contributed by atoms with Gasteiger partial charge < -0.3 is 14.6 Å². The number of aromatic amines is 1. The van der Waals surface area contributed by atoms with E-state index in [1.54, 1.807) is 0 Å². The van der Waals surface area contributed by atoms with Gasteiger partial charge in [-0.2, -0.15) is 0 Å². The standard InChI is InChI=1S/C15H26N2O5Si/c1-14(2,3)21-10-8-15(23(4)5,22-11(10)9-18)17-7-6-12(19)16-13(17)20/h6-7,10-11,18,23H,8-9H2,1-5H3,(H,16,19,20)/t10-,11+,15-/m0/s1. The van der Waals surface area contributed by atoms with Gasteiger partial charge in [0, 0.05) is 18.7 Å². The second kappa shape index (κ2) is 6.35. The first kappa shape index (κ1) is 18.1. The van der Waals surface area contributed by atoms with E-state index in [1.807, 2.05) is 20.8 Å². The Kier molecular flexibility index (Phi) is 5.00. The first-order valence-electron chi connectivity index (χ1n) is 7.88. The number of aromatic nitrogens is 2. The molecule has 3 atom stereocenters. The smallest absolute Gasteiger partial charge is 0.330 e. The lowest BCUT2D eigenvalue weighted by Gasteiger charge is -2.34. The van der Waals surface area contributed by atoms with E-state index in [4.69, 9.17) is 9.47 Å². The fourth-order valence-corrected chi connectivity index (χ4v) is 4.96. The molecule has 0 amide bonds. The third kappa shape index (κ3) is 3.65. The monoisotopic (exact) mass is 342 g/mol. The molecule has 1 aromatic heterocycles. The summed E-state index contributed by atoms with van der Waals surface area (Å²) in [6, 6.07) is 1.31. The first-order valence-corrected chi connectivity index (χ1v) is 10.8. The van der Waals surface area contributed by atoms with Crippen molar-refractivity contribution in [2.75, 3.05) is 6.61 Å². The van der Waals surface area contributed by atoms with Gasteiger partial charge in [-0.05, 0) is 20.8 Å². The predicted octanol–water partition coefficient (Wildman–Crippen LogP) is 0.180. The molecule has 0 radical (unpaired) electrons. The number of rotatable bonds is 4. The number of hydrogen-bond acceptors (Lipinski definition) is 5. The highest BCUT2D eigenvalue weighted by Crippen LogP contribution is 2.39. The molecule has 1 aromatic rings. The Balaban J connectivity index is 2.46. The van der Waals surface area contributed by atoms with Crippen molar-refractivity contribution in [2.45, 2.75) is 63.4 Å². The van der Waals surface area contributed by atoms with Crippen LogP contribution in [0.2, 0.25) is 13.1 Å². The summed E-state index contributed by atoms with van der Waals surface area (Å²) in [5.41, 5.74) is -1.32. The van der Waals surface area contributed by atoms with Crippen molar-refractivity contribution in [1.29, 1.82) is 0 Å². The summed E-state index contributed by atoms with van der Waals surface area (Å²) in [7, 11) is -1.56. The summed E-state index contributed by atoms with van der Waals surface area (Å²) in [5.74, 6) is 0. The van der Waals surface area contributed by atoms with Crippen LogP contribution in [0, 0.1) is 0 Å². The molecule has 0 unspecified atom stereocenters. The van der Waals surface area contributed by atoms with Crippen LogP contribution in [0.15, 0.2) is 21.9 Å². The molecule has 23 heavy (non-hydrogen) atoms. The topological polar surface area (TPSA) is 93.6 Å². The average Bonchev–Trinajstić information content (AvgIpc) is 2.76. The number of hydrogen-bond donors (Lipinski definition) is 2. The van der Waals surface area contributed by atoms with Crippen molar-refractivity contribution in [3.05, 3.63) is 33.1 Å². The third-order valence-electron chi connectivity index (χ3n) is 4.08. The number of nitrogens with one attached hydrogen (secondary N) is 1. The molecule has 0 aromatic carbocycles. The molecule has 0 saturated carbocycles. The normalized spacial score (nSPS) is 28.5. The Morgan fingerprint density at radius 2 is 2.13 bits per heavy atom. The van der Waals surface area contributed by atoms with E-state index >= 15 is 0 Å². The van der Waals surface area contributed by atoms with Gasteiger partial charge in [0.15, 0.2) is 0 Å². The molecule has 8 heteroatoms. The molecule has 2 rings (SSSR count). The third-order valence-corrected chi connectivity index (χ3v) is 6.54. The predicted molar refractivity (Wildman–Crippen MR) is 89.4 cm³/mol. The van der Waals surface area contributed by atoms with Crippen LogP contribution in [0.25, 0.3) is 0 Å². The maximum Gasteiger partial charge on any atom is 0.330 e. The molecule has 0 bridgehead atoms. The lowest BCUT2D eigenvalue weighted by Crippen LogP contribution is -2.51. The van der Waals surface area contributed by atoms with Crippen molar-refractivity contribution < 1.29 is 14.6 Å². The SMILES string of the molecule is C[SiH](C)[C@]1(n2ccc(=O)[nH]c2=O)C[C@H](OC(C)(C)C)[C@@H](CO)O1. The molecular weight excluding hydrogens is 316 g/mol. The molecule has 1 saturated heterocycles. The van der Waals surface area contributed by atoms with E-state index in [2.05, 4.69) is 18.1 Å². The molecule has 7 nitrogen and oxygen atoms in total. The van der Waals surface area contributed by atoms with Gasteiger partial charge in [0.2, 0.25) is 0 Å². The van der Waals surface area contributed by atoms with Gasteiger partial charge in [-0.15, -0.1) is 0 Å². The van der Waals surface area contributed by atoms with Crippen molar-refractivity contribution >= 4 is 8.80 Å². The van der Waals surface area contributed by atoms with Gasteiger partial charge in [0.1, 0.15) is 11.5 Å². The highest BCUT2D eigenvalue weighted by Gasteiger charge is 2.51. The van der Waals surface area contributed by atoms with Crippen LogP contribution in [0.1, 0.15) is 27.2 Å². The van der Waals surface area contributed by atoms with Gasteiger partial charge >= 0.3 is 5.69 Å². The molecule has 1 fully saturated rings. The fourth-order valence-electron chi connectivity index (χ4n) is 3.05. The Morgan fingerprint density at radius 3 is 2.61 bits per heavy atom. The number of aliphatic hydroxyl groups excluding tert-OH is 1. The zero-order chi connectivity index (χ0) is 17.4. The van der Waals surface area contributed by atoms with E-state index in [0.29, 0.717) is 6.42 Å². The van der Waals surface area contributed by atoms with E-state index in [-0.39, 0.29) is 18.3 Å². The van der Waals surface area contributed by atoms with Crippen LogP contribution in [0.4, 0.5) is 0 Å². The number of H-pyrrole nitrogens is 1. The van der Waals surface area contributed by atoms with Crippen LogP contribution in [-0.2, 0) is 14.8 Å². The summed E-state index contributed by atoms with van der Waals surface area (Å²) in [6.07, 6.45) is 1.14. The Morgan fingerprint density at radius 1 is 1.48 bits per heavy atom. The molecule has 130 valence electrons. The van der Waals surface area contributed by atoms with Gasteiger partial charge in [-0.1, -0.05) is 13.1 Å². The van der Waals surface area contributed by atoms with Crippen LogP contribution in [0.5, 0.6) is 0 Å². The average molecular weight is 342 g/mol. The van der Waals surface area contributed by atoms with E-state index in [9.17, 15) is 14.7 Å². The van der Waals surface area contributed by atoms with Crippen molar-refractivity contribution in [3.63, 3.8) is 0 Å². The van der Waals surface area contributed by atoms with Crippen molar-refractivity contribution in [2.24, 2.45) is 0 Å². The quantitative estimate of drug-likeness (QED) is 0.762. The Bertz CT molecular complexity index is 663. The number of aliphatic hydroxyl groups is 1. The Hall–Kier alpha value is -1.22. The van der Waals surface area contributed by atoms with Gasteiger partial charge in [0.25, 0.3) is 5.56 Å². The van der Waals surface area contributed by atoms with E-state index in [1.165, 1.54) is 16.8 Å². The Labute approximate surface area is 136 Å². The lowest BCUT2D eigenvalue weighted by molar-refractivity contribution is -0.113. The van der Waals surface area contributed by atoms with Crippen LogP contribution in [0.3, 0.4) is 0 Å². The highest BCUT2D eigenvalue weighted by atomic mass is 28.3. The maximum absolute atomic E-state index is 12.3. The second-order valence-corrected chi connectivity index (χ2v) is 10.5. The summed E-state index contributed by atoms with van der Waals surface area (Å²) in [6.45, 7) is 9.81. The van der Waals surface area contributed by atoms with Gasteiger partial charge in [-0.25, -0.2) is 4.79 Å². The van der Waals surface area contributed by atoms with E-state index < -0.39 is 31.5 Å². The lowest BCUT2D eigenvalue weighted by atomic mass is 10.1. The summed E-state index contributed by atoms with van der Waals surface area (Å²) in [5, 5.41) is 8.84. The largest absolute Gasteiger partial charge is 0.394 e. The number of ether oxygens (including phenoxy) is 2. The van der Waals surface area contributed by atoms with Crippen molar-refractivity contribution in [3.8, 4) is 0 Å². The van der Waals surface area contributed by atoms with Gasteiger partial charge in [0.05, 0.1) is 27.1 Å². The first-order chi connectivity index (χ1) is 10.6. The molecule has 1 aliphatic heterocycles. The molecule has 0 aliphatic carbocycles. The van der Waals surface area contributed by atoms with Gasteiger partial charge in [-0.3, -0.25) is 14.3 Å². The van der Waals surface area contributed by atoms with Crippen LogP contribution in [-0.4, -0.2) is 47.9 Å². The second-order valence-electron chi connectivity index (χ2n) is 7.29. The van der Waals surface area contributed by atoms with Crippen LogP contribution < -0.4 is 11.2 Å². The summed E-state index contributed by atoms with van der Waals surface area (Å²) >= 11 is 0. The van der Waals surface area contributed by atoms with Crippen molar-refractivity contribution in [1.82, 2.24) is 9.55 Å². The molecule has 1 aliphatic rings.